The van der Waals surface area contributed by atoms with Gasteiger partial charge in [0.2, 0.25) is 5.82 Å². The molecule has 0 spiro atoms. The maximum Gasteiger partial charge on any atom is 0.201 e. The maximum absolute atomic E-state index is 14.8. The summed E-state index contributed by atoms with van der Waals surface area (Å²) in [4.78, 5) is 0. The van der Waals surface area contributed by atoms with E-state index >= 15 is 0 Å². The molecule has 2 unspecified atom stereocenters. The first-order chi connectivity index (χ1) is 14.0. The zero-order chi connectivity index (χ0) is 20.8. The summed E-state index contributed by atoms with van der Waals surface area (Å²) >= 11 is 0. The molecule has 1 fully saturated rings. The standard InChI is InChI=1S/C23H27F3O3/c1-3-5-12-28-20-10-9-18(22(25)23(20)26)15-6-8-17(19(24)13-15)16-7-11-21(27-4-2)29-14-16/h6,8-10,13,16,21H,3-5,7,11-12,14H2,1-2H3. The zero-order valence-electron chi connectivity index (χ0n) is 16.8. The molecule has 1 saturated heterocycles. The minimum absolute atomic E-state index is 0.00657. The smallest absolute Gasteiger partial charge is 0.201 e. The summed E-state index contributed by atoms with van der Waals surface area (Å²) in [6.45, 7) is 5.15. The summed E-state index contributed by atoms with van der Waals surface area (Å²) in [7, 11) is 0. The molecule has 0 bridgehead atoms. The SMILES string of the molecule is CCCCOc1ccc(-c2ccc(C3CCC(OCC)OC3)c(F)c2)c(F)c1F. The van der Waals surface area contributed by atoms with Gasteiger partial charge in [0, 0.05) is 18.1 Å². The fourth-order valence-electron chi connectivity index (χ4n) is 3.51. The van der Waals surface area contributed by atoms with Crippen LogP contribution in [0.3, 0.4) is 0 Å². The highest BCUT2D eigenvalue weighted by Gasteiger charge is 2.25. The highest BCUT2D eigenvalue weighted by atomic mass is 19.2. The Kier molecular flexibility index (Phi) is 7.56. The van der Waals surface area contributed by atoms with Crippen LogP contribution in [0.5, 0.6) is 5.75 Å². The molecule has 2 aromatic carbocycles. The zero-order valence-corrected chi connectivity index (χ0v) is 16.8. The Morgan fingerprint density at radius 2 is 1.86 bits per heavy atom. The highest BCUT2D eigenvalue weighted by Crippen LogP contribution is 2.34. The minimum Gasteiger partial charge on any atom is -0.490 e. The molecule has 3 nitrogen and oxygen atoms in total. The van der Waals surface area contributed by atoms with Crippen molar-refractivity contribution in [1.82, 2.24) is 0 Å². The van der Waals surface area contributed by atoms with Crippen LogP contribution in [0.1, 0.15) is 51.0 Å². The van der Waals surface area contributed by atoms with Gasteiger partial charge in [-0.1, -0.05) is 25.5 Å². The van der Waals surface area contributed by atoms with E-state index in [0.29, 0.717) is 31.8 Å². The summed E-state index contributed by atoms with van der Waals surface area (Å²) < 4.78 is 60.0. The molecule has 1 aliphatic heterocycles. The molecule has 6 heteroatoms. The van der Waals surface area contributed by atoms with E-state index in [1.165, 1.54) is 18.2 Å². The van der Waals surface area contributed by atoms with E-state index in [1.807, 2.05) is 13.8 Å². The van der Waals surface area contributed by atoms with Crippen LogP contribution in [0.25, 0.3) is 11.1 Å². The van der Waals surface area contributed by atoms with Gasteiger partial charge in [-0.25, -0.2) is 8.78 Å². The van der Waals surface area contributed by atoms with Gasteiger partial charge >= 0.3 is 0 Å². The van der Waals surface area contributed by atoms with Gasteiger partial charge < -0.3 is 14.2 Å². The van der Waals surface area contributed by atoms with Crippen LogP contribution in [0.15, 0.2) is 30.3 Å². The second kappa shape index (κ2) is 10.1. The predicted molar refractivity (Wildman–Crippen MR) is 105 cm³/mol. The third kappa shape index (κ3) is 5.11. The summed E-state index contributed by atoms with van der Waals surface area (Å²) in [5, 5.41) is 0. The molecule has 0 aromatic heterocycles. The van der Waals surface area contributed by atoms with Gasteiger partial charge in [0.15, 0.2) is 17.9 Å². The van der Waals surface area contributed by atoms with Gasteiger partial charge in [-0.15, -0.1) is 0 Å². The monoisotopic (exact) mass is 408 g/mol. The van der Waals surface area contributed by atoms with Gasteiger partial charge in [-0.05, 0) is 55.5 Å². The Morgan fingerprint density at radius 3 is 2.52 bits per heavy atom. The van der Waals surface area contributed by atoms with Gasteiger partial charge in [-0.3, -0.25) is 0 Å². The lowest BCUT2D eigenvalue weighted by Crippen LogP contribution is -2.27. The minimum atomic E-state index is -1.05. The number of benzene rings is 2. The fraction of sp³-hybridized carbons (Fsp3) is 0.478. The molecule has 1 aliphatic rings. The molecule has 0 amide bonds. The maximum atomic E-state index is 14.8. The summed E-state index contributed by atoms with van der Waals surface area (Å²) in [6, 6.07) is 7.30. The van der Waals surface area contributed by atoms with Crippen LogP contribution in [-0.2, 0) is 9.47 Å². The molecule has 2 aromatic rings. The van der Waals surface area contributed by atoms with E-state index in [2.05, 4.69) is 0 Å². The van der Waals surface area contributed by atoms with Gasteiger partial charge in [-0.2, -0.15) is 4.39 Å². The molecule has 0 radical (unpaired) electrons. The number of ether oxygens (including phenoxy) is 3. The Labute approximate surface area is 169 Å². The highest BCUT2D eigenvalue weighted by molar-refractivity contribution is 5.66. The first kappa shape index (κ1) is 21.7. The van der Waals surface area contributed by atoms with E-state index in [1.54, 1.807) is 12.1 Å². The van der Waals surface area contributed by atoms with Crippen molar-refractivity contribution in [3.63, 3.8) is 0 Å². The van der Waals surface area contributed by atoms with Crippen LogP contribution in [-0.4, -0.2) is 26.1 Å². The van der Waals surface area contributed by atoms with Crippen LogP contribution in [0.4, 0.5) is 13.2 Å². The summed E-state index contributed by atoms with van der Waals surface area (Å²) in [5.74, 6) is -2.75. The second-order valence-electron chi connectivity index (χ2n) is 7.17. The molecule has 29 heavy (non-hydrogen) atoms. The van der Waals surface area contributed by atoms with Crippen molar-refractivity contribution in [2.45, 2.75) is 51.7 Å². The molecule has 158 valence electrons. The van der Waals surface area contributed by atoms with Crippen molar-refractivity contribution in [3.8, 4) is 16.9 Å². The lowest BCUT2D eigenvalue weighted by molar-refractivity contribution is -0.164. The topological polar surface area (TPSA) is 27.7 Å². The van der Waals surface area contributed by atoms with Gasteiger partial charge in [0.1, 0.15) is 5.82 Å². The molecule has 2 atom stereocenters. The average molecular weight is 408 g/mol. The van der Waals surface area contributed by atoms with Crippen LogP contribution in [0.2, 0.25) is 0 Å². The molecular formula is C23H27F3O3. The number of hydrogen-bond donors (Lipinski definition) is 0. The Hall–Kier alpha value is -2.05. The van der Waals surface area contributed by atoms with Crippen molar-refractivity contribution < 1.29 is 27.4 Å². The normalized spacial score (nSPS) is 19.3. The molecule has 3 rings (SSSR count). The Balaban J connectivity index is 1.76. The Bertz CT molecular complexity index is 817. The first-order valence-electron chi connectivity index (χ1n) is 10.2. The van der Waals surface area contributed by atoms with Gasteiger partial charge in [0.05, 0.1) is 13.2 Å². The fourth-order valence-corrected chi connectivity index (χ4v) is 3.51. The third-order valence-corrected chi connectivity index (χ3v) is 5.14. The largest absolute Gasteiger partial charge is 0.490 e. The van der Waals surface area contributed by atoms with E-state index in [0.717, 1.165) is 19.3 Å². The van der Waals surface area contributed by atoms with Gasteiger partial charge in [0.25, 0.3) is 0 Å². The predicted octanol–water partition coefficient (Wildman–Crippen LogP) is 6.21. The van der Waals surface area contributed by atoms with Crippen molar-refractivity contribution in [2.24, 2.45) is 0 Å². The van der Waals surface area contributed by atoms with E-state index < -0.39 is 17.5 Å². The lowest BCUT2D eigenvalue weighted by Gasteiger charge is -2.29. The second-order valence-corrected chi connectivity index (χ2v) is 7.17. The Morgan fingerprint density at radius 1 is 1.03 bits per heavy atom. The van der Waals surface area contributed by atoms with Crippen molar-refractivity contribution in [1.29, 1.82) is 0 Å². The van der Waals surface area contributed by atoms with E-state index in [9.17, 15) is 13.2 Å². The lowest BCUT2D eigenvalue weighted by atomic mass is 9.91. The number of rotatable bonds is 8. The average Bonchev–Trinajstić information content (AvgIpc) is 2.72. The molecule has 1 heterocycles. The van der Waals surface area contributed by atoms with Crippen LogP contribution < -0.4 is 4.74 Å². The van der Waals surface area contributed by atoms with Crippen LogP contribution in [0, 0.1) is 17.5 Å². The van der Waals surface area contributed by atoms with E-state index in [-0.39, 0.29) is 29.1 Å². The molecule has 0 aliphatic carbocycles. The molecular weight excluding hydrogens is 381 g/mol. The first-order valence-corrected chi connectivity index (χ1v) is 10.2. The van der Waals surface area contributed by atoms with Crippen LogP contribution >= 0.6 is 0 Å². The summed E-state index contributed by atoms with van der Waals surface area (Å²) in [5.41, 5.74) is 0.808. The summed E-state index contributed by atoms with van der Waals surface area (Å²) in [6.07, 6.45) is 2.85. The number of unbranched alkanes of at least 4 members (excludes halogenated alkanes) is 1. The molecule has 0 saturated carbocycles. The van der Waals surface area contributed by atoms with Crippen molar-refractivity contribution >= 4 is 0 Å². The number of halogens is 3. The van der Waals surface area contributed by atoms with Crippen molar-refractivity contribution in [3.05, 3.63) is 53.3 Å². The third-order valence-electron chi connectivity index (χ3n) is 5.14. The van der Waals surface area contributed by atoms with E-state index in [4.69, 9.17) is 14.2 Å². The molecule has 0 N–H and O–H groups in total. The van der Waals surface area contributed by atoms with Crippen molar-refractivity contribution in [2.75, 3.05) is 19.8 Å². The number of hydrogen-bond acceptors (Lipinski definition) is 3. The quantitative estimate of drug-likeness (QED) is 0.486.